The molecular weight excluding hydrogens is 432 g/mol. The third kappa shape index (κ3) is 4.80. The fraction of sp³-hybridized carbons (Fsp3) is 0.423. The van der Waals surface area contributed by atoms with Gasteiger partial charge in [-0.2, -0.15) is 0 Å². The van der Waals surface area contributed by atoms with Crippen LogP contribution >= 0.6 is 11.3 Å². The predicted octanol–water partition coefficient (Wildman–Crippen LogP) is 4.64. The summed E-state index contributed by atoms with van der Waals surface area (Å²) in [5, 5.41) is 0.724. The SMILES string of the molecule is CCN(CC)CCN(C(=O)C1CC(=O)N(c2ccccc2)C1)c1nc2c(C)c(C)ccc2s1. The summed E-state index contributed by atoms with van der Waals surface area (Å²) in [4.78, 5) is 37.3. The van der Waals surface area contributed by atoms with Gasteiger partial charge in [-0.1, -0.05) is 49.4 Å². The Labute approximate surface area is 199 Å². The van der Waals surface area contributed by atoms with E-state index in [4.69, 9.17) is 4.98 Å². The number of benzene rings is 2. The predicted molar refractivity (Wildman–Crippen MR) is 136 cm³/mol. The molecule has 174 valence electrons. The Balaban J connectivity index is 1.63. The maximum Gasteiger partial charge on any atom is 0.234 e. The van der Waals surface area contributed by atoms with Gasteiger partial charge in [0, 0.05) is 31.7 Å². The number of likely N-dealkylation sites (N-methyl/N-ethyl adjacent to an activating group) is 1. The van der Waals surface area contributed by atoms with E-state index in [2.05, 4.69) is 44.7 Å². The van der Waals surface area contributed by atoms with E-state index in [9.17, 15) is 9.59 Å². The van der Waals surface area contributed by atoms with E-state index in [0.717, 1.165) is 46.2 Å². The van der Waals surface area contributed by atoms with Crippen LogP contribution in [0.2, 0.25) is 0 Å². The molecule has 1 atom stereocenters. The largest absolute Gasteiger partial charge is 0.312 e. The van der Waals surface area contributed by atoms with Gasteiger partial charge in [-0.15, -0.1) is 0 Å². The second-order valence-corrected chi connectivity index (χ2v) is 9.62. The van der Waals surface area contributed by atoms with Gasteiger partial charge < -0.3 is 9.80 Å². The lowest BCUT2D eigenvalue weighted by Crippen LogP contribution is -2.42. The molecule has 33 heavy (non-hydrogen) atoms. The quantitative estimate of drug-likeness (QED) is 0.487. The molecule has 1 aliphatic heterocycles. The van der Waals surface area contributed by atoms with Crippen molar-refractivity contribution in [1.82, 2.24) is 9.88 Å². The Bertz CT molecular complexity index is 1140. The third-order valence-corrected chi connectivity index (χ3v) is 7.69. The Hall–Kier alpha value is -2.77. The minimum Gasteiger partial charge on any atom is -0.312 e. The van der Waals surface area contributed by atoms with Gasteiger partial charge in [0.2, 0.25) is 11.8 Å². The van der Waals surface area contributed by atoms with Gasteiger partial charge in [0.1, 0.15) is 0 Å². The summed E-state index contributed by atoms with van der Waals surface area (Å²) in [7, 11) is 0. The summed E-state index contributed by atoms with van der Waals surface area (Å²) in [5.41, 5.74) is 4.15. The minimum atomic E-state index is -0.371. The molecule has 1 fully saturated rings. The smallest absolute Gasteiger partial charge is 0.234 e. The molecule has 3 aromatic rings. The van der Waals surface area contributed by atoms with E-state index < -0.39 is 0 Å². The van der Waals surface area contributed by atoms with Crippen LogP contribution in [0.4, 0.5) is 10.8 Å². The van der Waals surface area contributed by atoms with Gasteiger partial charge in [-0.3, -0.25) is 14.5 Å². The van der Waals surface area contributed by atoms with Gasteiger partial charge in [-0.05, 0) is 56.3 Å². The summed E-state index contributed by atoms with van der Waals surface area (Å²) < 4.78 is 1.09. The van der Waals surface area contributed by atoms with Crippen LogP contribution in [0.25, 0.3) is 10.2 Å². The molecule has 1 aromatic heterocycles. The van der Waals surface area contributed by atoms with Crippen LogP contribution in [0.5, 0.6) is 0 Å². The molecule has 4 rings (SSSR count). The molecule has 1 saturated heterocycles. The number of para-hydroxylation sites is 1. The zero-order chi connectivity index (χ0) is 23.5. The van der Waals surface area contributed by atoms with Crippen LogP contribution < -0.4 is 9.80 Å². The first-order chi connectivity index (χ1) is 15.9. The van der Waals surface area contributed by atoms with Gasteiger partial charge in [-0.25, -0.2) is 4.98 Å². The minimum absolute atomic E-state index is 0.000915. The van der Waals surface area contributed by atoms with E-state index in [-0.39, 0.29) is 24.2 Å². The average molecular weight is 465 g/mol. The van der Waals surface area contributed by atoms with Crippen molar-refractivity contribution in [3.63, 3.8) is 0 Å². The topological polar surface area (TPSA) is 56.8 Å². The zero-order valence-electron chi connectivity index (χ0n) is 19.9. The van der Waals surface area contributed by atoms with Crippen LogP contribution in [0.3, 0.4) is 0 Å². The first kappa shape index (κ1) is 23.4. The van der Waals surface area contributed by atoms with Crippen molar-refractivity contribution < 1.29 is 9.59 Å². The molecule has 2 heterocycles. The highest BCUT2D eigenvalue weighted by Gasteiger charge is 2.38. The molecule has 0 spiro atoms. The lowest BCUT2D eigenvalue weighted by Gasteiger charge is -2.26. The monoisotopic (exact) mass is 464 g/mol. The molecule has 7 heteroatoms. The highest BCUT2D eigenvalue weighted by atomic mass is 32.1. The second-order valence-electron chi connectivity index (χ2n) is 8.61. The lowest BCUT2D eigenvalue weighted by atomic mass is 10.1. The first-order valence-electron chi connectivity index (χ1n) is 11.7. The highest BCUT2D eigenvalue weighted by Crippen LogP contribution is 2.34. The van der Waals surface area contributed by atoms with Crippen molar-refractivity contribution in [3.05, 3.63) is 53.6 Å². The van der Waals surface area contributed by atoms with E-state index in [0.29, 0.717) is 13.1 Å². The fourth-order valence-corrected chi connectivity index (χ4v) is 5.42. The van der Waals surface area contributed by atoms with E-state index in [1.165, 1.54) is 5.56 Å². The Kier molecular flexibility index (Phi) is 7.10. The van der Waals surface area contributed by atoms with Gasteiger partial charge in [0.25, 0.3) is 0 Å². The van der Waals surface area contributed by atoms with Crippen LogP contribution in [-0.2, 0) is 9.59 Å². The van der Waals surface area contributed by atoms with Gasteiger partial charge >= 0.3 is 0 Å². The number of carbonyl (C=O) groups is 2. The summed E-state index contributed by atoms with van der Waals surface area (Å²) >= 11 is 1.56. The number of carbonyl (C=O) groups excluding carboxylic acids is 2. The Morgan fingerprint density at radius 3 is 2.52 bits per heavy atom. The first-order valence-corrected chi connectivity index (χ1v) is 12.5. The molecule has 0 N–H and O–H groups in total. The van der Waals surface area contributed by atoms with E-state index in [1.54, 1.807) is 16.2 Å². The number of rotatable bonds is 8. The molecular formula is C26H32N4O2S. The standard InChI is InChI=1S/C26H32N4O2S/c1-5-28(6-2)14-15-29(26-27-24-19(4)18(3)12-13-22(24)33-26)25(32)20-16-23(31)30(17-20)21-10-8-7-9-11-21/h7-13,20H,5-6,14-17H2,1-4H3. The summed E-state index contributed by atoms with van der Waals surface area (Å²) in [5.74, 6) is -0.384. The maximum atomic E-state index is 13.8. The van der Waals surface area contributed by atoms with Crippen LogP contribution in [0.1, 0.15) is 31.4 Å². The summed E-state index contributed by atoms with van der Waals surface area (Å²) in [6.45, 7) is 12.0. The van der Waals surface area contributed by atoms with Gasteiger partial charge in [0.15, 0.2) is 5.13 Å². The van der Waals surface area contributed by atoms with Crippen LogP contribution in [0, 0.1) is 19.8 Å². The van der Waals surface area contributed by atoms with Gasteiger partial charge in [0.05, 0.1) is 16.1 Å². The number of aromatic nitrogens is 1. The van der Waals surface area contributed by atoms with Crippen molar-refractivity contribution >= 4 is 44.2 Å². The molecule has 1 unspecified atom stereocenters. The number of amides is 2. The molecule has 0 bridgehead atoms. The number of anilines is 2. The second kappa shape index (κ2) is 10.0. The van der Waals surface area contributed by atoms with Crippen LogP contribution in [0.15, 0.2) is 42.5 Å². The highest BCUT2D eigenvalue weighted by molar-refractivity contribution is 7.22. The van der Waals surface area contributed by atoms with Crippen molar-refractivity contribution in [2.75, 3.05) is 42.5 Å². The van der Waals surface area contributed by atoms with E-state index >= 15 is 0 Å². The van der Waals surface area contributed by atoms with Crippen molar-refractivity contribution in [1.29, 1.82) is 0 Å². The Morgan fingerprint density at radius 1 is 1.09 bits per heavy atom. The van der Waals surface area contributed by atoms with Crippen molar-refractivity contribution in [3.8, 4) is 0 Å². The van der Waals surface area contributed by atoms with E-state index in [1.807, 2.05) is 35.2 Å². The molecule has 0 saturated carbocycles. The average Bonchev–Trinajstić information content (AvgIpc) is 3.44. The molecule has 6 nitrogen and oxygen atoms in total. The zero-order valence-corrected chi connectivity index (χ0v) is 20.7. The number of fused-ring (bicyclic) bond motifs is 1. The number of thiazole rings is 1. The summed E-state index contributed by atoms with van der Waals surface area (Å²) in [6.07, 6.45) is 0.235. The molecule has 2 amide bonds. The summed E-state index contributed by atoms with van der Waals surface area (Å²) in [6, 6.07) is 13.8. The number of hydrogen-bond donors (Lipinski definition) is 0. The lowest BCUT2D eigenvalue weighted by molar-refractivity contribution is -0.124. The van der Waals surface area contributed by atoms with Crippen molar-refractivity contribution in [2.24, 2.45) is 5.92 Å². The van der Waals surface area contributed by atoms with Crippen molar-refractivity contribution in [2.45, 2.75) is 34.1 Å². The molecule has 0 radical (unpaired) electrons. The number of aryl methyl sites for hydroxylation is 2. The Morgan fingerprint density at radius 2 is 1.82 bits per heavy atom. The molecule has 1 aliphatic rings. The van der Waals surface area contributed by atoms with Crippen LogP contribution in [-0.4, -0.2) is 54.4 Å². The maximum absolute atomic E-state index is 13.8. The third-order valence-electron chi connectivity index (χ3n) is 6.65. The number of nitrogens with zero attached hydrogens (tertiary/aromatic N) is 4. The molecule has 0 aliphatic carbocycles. The fourth-order valence-electron chi connectivity index (χ4n) is 4.36. The normalized spacial score (nSPS) is 16.2. The number of hydrogen-bond acceptors (Lipinski definition) is 5. The molecule has 2 aromatic carbocycles.